The number of amides is 1. The van der Waals surface area contributed by atoms with Crippen LogP contribution in [0.3, 0.4) is 0 Å². The minimum atomic E-state index is -3.69. The van der Waals surface area contributed by atoms with Gasteiger partial charge in [0.1, 0.15) is 12.4 Å². The fraction of sp³-hybridized carbons (Fsp3) is 0.133. The van der Waals surface area contributed by atoms with E-state index >= 15 is 0 Å². The Kier molecular flexibility index (Phi) is 6.00. The Bertz CT molecular complexity index is 875. The standard InChI is InChI=1S/C15H13Br2FN2O3S/c1-24(22,23)20(12-4-2-3-10(16)7-12)9-15(21)19-14-6-5-11(17)8-13(14)18/h2-8H,9H2,1H3,(H,19,21). The lowest BCUT2D eigenvalue weighted by atomic mass is 10.3. The third kappa shape index (κ3) is 5.02. The molecule has 2 aromatic carbocycles. The van der Waals surface area contributed by atoms with Gasteiger partial charge in [0.25, 0.3) is 0 Å². The monoisotopic (exact) mass is 478 g/mol. The Labute approximate surface area is 156 Å². The van der Waals surface area contributed by atoms with E-state index in [1.165, 1.54) is 12.1 Å². The molecule has 0 atom stereocenters. The van der Waals surface area contributed by atoms with E-state index in [9.17, 15) is 17.6 Å². The summed E-state index contributed by atoms with van der Waals surface area (Å²) in [5, 5.41) is 2.37. The molecule has 0 saturated heterocycles. The van der Waals surface area contributed by atoms with E-state index in [1.54, 1.807) is 30.3 Å². The molecule has 0 aromatic heterocycles. The number of carbonyl (C=O) groups is 1. The summed E-state index contributed by atoms with van der Waals surface area (Å²) < 4.78 is 39.9. The lowest BCUT2D eigenvalue weighted by Gasteiger charge is -2.22. The average molecular weight is 480 g/mol. The first kappa shape index (κ1) is 18.9. The zero-order valence-electron chi connectivity index (χ0n) is 12.5. The van der Waals surface area contributed by atoms with Gasteiger partial charge < -0.3 is 5.32 Å². The molecule has 2 aromatic rings. The van der Waals surface area contributed by atoms with E-state index in [-0.39, 0.29) is 5.69 Å². The summed E-state index contributed by atoms with van der Waals surface area (Å²) in [6.07, 6.45) is 1.00. The molecule has 0 radical (unpaired) electrons. The van der Waals surface area contributed by atoms with E-state index in [0.29, 0.717) is 14.6 Å². The number of hydrogen-bond donors (Lipinski definition) is 1. The first-order valence-corrected chi connectivity index (χ1v) is 10.1. The minimum Gasteiger partial charge on any atom is -0.322 e. The van der Waals surface area contributed by atoms with E-state index in [1.807, 2.05) is 0 Å². The molecular weight excluding hydrogens is 467 g/mol. The van der Waals surface area contributed by atoms with Crippen molar-refractivity contribution < 1.29 is 17.6 Å². The first-order valence-electron chi connectivity index (χ1n) is 6.65. The molecule has 128 valence electrons. The van der Waals surface area contributed by atoms with Crippen molar-refractivity contribution in [3.8, 4) is 0 Å². The highest BCUT2D eigenvalue weighted by Gasteiger charge is 2.21. The van der Waals surface area contributed by atoms with Crippen LogP contribution in [0, 0.1) is 5.82 Å². The second-order valence-electron chi connectivity index (χ2n) is 4.92. The van der Waals surface area contributed by atoms with Crippen molar-refractivity contribution in [2.24, 2.45) is 0 Å². The van der Waals surface area contributed by atoms with Gasteiger partial charge in [0, 0.05) is 8.95 Å². The van der Waals surface area contributed by atoms with Gasteiger partial charge in [-0.05, 0) is 36.4 Å². The van der Waals surface area contributed by atoms with Crippen LogP contribution in [-0.4, -0.2) is 27.1 Å². The van der Waals surface area contributed by atoms with Crippen molar-refractivity contribution in [3.05, 3.63) is 57.2 Å². The number of hydrogen-bond acceptors (Lipinski definition) is 3. The number of nitrogens with one attached hydrogen (secondary N) is 1. The summed E-state index contributed by atoms with van der Waals surface area (Å²) in [5.74, 6) is -1.27. The van der Waals surface area contributed by atoms with Gasteiger partial charge in [0.05, 0.1) is 17.6 Å². The third-order valence-corrected chi connectivity index (χ3v) is 5.12. The highest BCUT2D eigenvalue weighted by atomic mass is 79.9. The molecule has 0 spiro atoms. The van der Waals surface area contributed by atoms with Crippen LogP contribution in [-0.2, 0) is 14.8 Å². The van der Waals surface area contributed by atoms with Gasteiger partial charge in [-0.2, -0.15) is 0 Å². The van der Waals surface area contributed by atoms with Crippen molar-refractivity contribution in [2.45, 2.75) is 0 Å². The molecule has 0 saturated carbocycles. The Morgan fingerprint density at radius 1 is 1.17 bits per heavy atom. The number of benzene rings is 2. The van der Waals surface area contributed by atoms with Crippen LogP contribution >= 0.6 is 31.9 Å². The summed E-state index contributed by atoms with van der Waals surface area (Å²) in [6, 6.07) is 10.7. The van der Waals surface area contributed by atoms with Crippen molar-refractivity contribution in [1.82, 2.24) is 0 Å². The van der Waals surface area contributed by atoms with Crippen molar-refractivity contribution >= 4 is 59.2 Å². The lowest BCUT2D eigenvalue weighted by molar-refractivity contribution is -0.114. The zero-order valence-corrected chi connectivity index (χ0v) is 16.5. The number of rotatable bonds is 5. The van der Waals surface area contributed by atoms with E-state index in [2.05, 4.69) is 37.2 Å². The quantitative estimate of drug-likeness (QED) is 0.710. The minimum absolute atomic E-state index is 0.0223. The molecule has 0 bridgehead atoms. The van der Waals surface area contributed by atoms with Crippen LogP contribution in [0.1, 0.15) is 0 Å². The molecule has 0 fully saturated rings. The largest absolute Gasteiger partial charge is 0.322 e. The molecule has 0 heterocycles. The summed E-state index contributed by atoms with van der Waals surface area (Å²) in [5.41, 5.74) is 0.309. The highest BCUT2D eigenvalue weighted by Crippen LogP contribution is 2.23. The highest BCUT2D eigenvalue weighted by molar-refractivity contribution is 9.10. The number of halogens is 3. The van der Waals surface area contributed by atoms with Crippen LogP contribution in [0.25, 0.3) is 0 Å². The molecule has 0 aliphatic rings. The van der Waals surface area contributed by atoms with E-state index in [0.717, 1.165) is 10.6 Å². The summed E-state index contributed by atoms with van der Waals surface area (Å²) in [4.78, 5) is 12.2. The molecule has 9 heteroatoms. The SMILES string of the molecule is CS(=O)(=O)N(CC(=O)Nc1ccc(Br)cc1F)c1cccc(Br)c1. The van der Waals surface area contributed by atoms with Crippen molar-refractivity contribution in [1.29, 1.82) is 0 Å². The number of carbonyl (C=O) groups excluding carboxylic acids is 1. The smallest absolute Gasteiger partial charge is 0.245 e. The predicted molar refractivity (Wildman–Crippen MR) is 99.1 cm³/mol. The molecule has 0 unspecified atom stereocenters. The average Bonchev–Trinajstić information content (AvgIpc) is 2.46. The topological polar surface area (TPSA) is 66.5 Å². The van der Waals surface area contributed by atoms with Crippen LogP contribution in [0.4, 0.5) is 15.8 Å². The maximum Gasteiger partial charge on any atom is 0.245 e. The van der Waals surface area contributed by atoms with Gasteiger partial charge in [-0.1, -0.05) is 37.9 Å². The van der Waals surface area contributed by atoms with Crippen LogP contribution < -0.4 is 9.62 Å². The van der Waals surface area contributed by atoms with Crippen LogP contribution in [0.15, 0.2) is 51.4 Å². The van der Waals surface area contributed by atoms with Crippen molar-refractivity contribution in [3.63, 3.8) is 0 Å². The van der Waals surface area contributed by atoms with Crippen LogP contribution in [0.2, 0.25) is 0 Å². The fourth-order valence-electron chi connectivity index (χ4n) is 1.94. The molecule has 1 amide bonds. The van der Waals surface area contributed by atoms with E-state index in [4.69, 9.17) is 0 Å². The maximum atomic E-state index is 13.8. The van der Waals surface area contributed by atoms with E-state index < -0.39 is 28.3 Å². The molecule has 1 N–H and O–H groups in total. The fourth-order valence-corrected chi connectivity index (χ4v) is 3.51. The zero-order chi connectivity index (χ0) is 17.9. The molecule has 0 aliphatic carbocycles. The van der Waals surface area contributed by atoms with Gasteiger partial charge in [0.15, 0.2) is 0 Å². The third-order valence-electron chi connectivity index (χ3n) is 2.99. The molecule has 24 heavy (non-hydrogen) atoms. The van der Waals surface area contributed by atoms with Crippen LogP contribution in [0.5, 0.6) is 0 Å². The Morgan fingerprint density at radius 2 is 1.83 bits per heavy atom. The normalized spacial score (nSPS) is 11.2. The Hall–Kier alpha value is -1.45. The molecule has 2 rings (SSSR count). The number of sulfonamides is 1. The van der Waals surface area contributed by atoms with Gasteiger partial charge in [0.2, 0.25) is 15.9 Å². The van der Waals surface area contributed by atoms with Gasteiger partial charge >= 0.3 is 0 Å². The molecular formula is C15H13Br2FN2O3S. The summed E-state index contributed by atoms with van der Waals surface area (Å²) in [6.45, 7) is -0.467. The van der Waals surface area contributed by atoms with Gasteiger partial charge in [-0.15, -0.1) is 0 Å². The summed E-state index contributed by atoms with van der Waals surface area (Å²) >= 11 is 6.38. The Balaban J connectivity index is 2.22. The number of anilines is 2. The maximum absolute atomic E-state index is 13.8. The van der Waals surface area contributed by atoms with Gasteiger partial charge in [-0.25, -0.2) is 12.8 Å². The van der Waals surface area contributed by atoms with Gasteiger partial charge in [-0.3, -0.25) is 9.10 Å². The number of nitrogens with zero attached hydrogens (tertiary/aromatic N) is 1. The Morgan fingerprint density at radius 3 is 2.42 bits per heavy atom. The van der Waals surface area contributed by atoms with Crippen molar-refractivity contribution in [2.75, 3.05) is 22.4 Å². The molecule has 0 aliphatic heterocycles. The molecule has 5 nitrogen and oxygen atoms in total. The lowest BCUT2D eigenvalue weighted by Crippen LogP contribution is -2.37. The first-order chi connectivity index (χ1) is 11.2. The second-order valence-corrected chi connectivity index (χ2v) is 8.66. The summed E-state index contributed by atoms with van der Waals surface area (Å²) in [7, 11) is -3.69. The predicted octanol–water partition coefficient (Wildman–Crippen LogP) is 3.76. The second kappa shape index (κ2) is 7.62.